The normalized spacial score (nSPS) is 17.0. The Morgan fingerprint density at radius 2 is 2.24 bits per heavy atom. The van der Waals surface area contributed by atoms with E-state index in [1.165, 1.54) is 35.7 Å². The van der Waals surface area contributed by atoms with Gasteiger partial charge in [0.15, 0.2) is 5.13 Å². The third kappa shape index (κ3) is 3.35. The molecule has 1 aromatic heterocycles. The van der Waals surface area contributed by atoms with Gasteiger partial charge in [-0.25, -0.2) is 4.98 Å². The average Bonchev–Trinajstić information content (AvgIpc) is 2.67. The number of hydrogen-bond acceptors (Lipinski definition) is 5. The largest absolute Gasteiger partial charge is 0.375 e. The monoisotopic (exact) mass is 271 g/mol. The van der Waals surface area contributed by atoms with Crippen molar-refractivity contribution in [3.63, 3.8) is 0 Å². The number of thioether (sulfide) groups is 1. The van der Waals surface area contributed by atoms with Crippen molar-refractivity contribution in [1.29, 1.82) is 0 Å². The topological polar surface area (TPSA) is 68.0 Å². The van der Waals surface area contributed by atoms with Crippen LogP contribution in [-0.4, -0.2) is 28.9 Å². The molecule has 4 nitrogen and oxygen atoms in total. The summed E-state index contributed by atoms with van der Waals surface area (Å²) in [7, 11) is 0. The van der Waals surface area contributed by atoms with Crippen molar-refractivity contribution < 1.29 is 4.79 Å². The number of aromatic nitrogens is 1. The standard InChI is InChI=1S/C11H17N3OS2/c1-7-9(17-11(12)14-7)10(15)13-6-8-2-4-16-5-3-8/h8H,2-6H2,1H3,(H2,12,14)(H,13,15). The fraction of sp³-hybridized carbons (Fsp3) is 0.636. The number of hydrogen-bond donors (Lipinski definition) is 2. The van der Waals surface area contributed by atoms with Gasteiger partial charge in [-0.2, -0.15) is 11.8 Å². The Labute approximate surface area is 109 Å². The van der Waals surface area contributed by atoms with E-state index in [1.807, 2.05) is 18.7 Å². The first-order chi connectivity index (χ1) is 8.16. The zero-order valence-corrected chi connectivity index (χ0v) is 11.5. The minimum absolute atomic E-state index is 0.0325. The van der Waals surface area contributed by atoms with Crippen LogP contribution in [0.4, 0.5) is 5.13 Å². The highest BCUT2D eigenvalue weighted by molar-refractivity contribution is 7.99. The first-order valence-electron chi connectivity index (χ1n) is 5.75. The maximum Gasteiger partial charge on any atom is 0.263 e. The molecular weight excluding hydrogens is 254 g/mol. The number of anilines is 1. The molecule has 1 aromatic rings. The number of rotatable bonds is 3. The number of amides is 1. The van der Waals surface area contributed by atoms with Crippen LogP contribution < -0.4 is 11.1 Å². The van der Waals surface area contributed by atoms with Gasteiger partial charge in [0.05, 0.1) is 5.69 Å². The van der Waals surface area contributed by atoms with Gasteiger partial charge in [-0.3, -0.25) is 4.79 Å². The molecule has 2 heterocycles. The van der Waals surface area contributed by atoms with E-state index in [-0.39, 0.29) is 5.91 Å². The van der Waals surface area contributed by atoms with Crippen LogP contribution in [0.1, 0.15) is 28.2 Å². The number of nitrogens with one attached hydrogen (secondary N) is 1. The summed E-state index contributed by atoms with van der Waals surface area (Å²) in [5.74, 6) is 3.03. The van der Waals surface area contributed by atoms with E-state index in [9.17, 15) is 4.79 Å². The summed E-state index contributed by atoms with van der Waals surface area (Å²) < 4.78 is 0. The fourth-order valence-electron chi connectivity index (χ4n) is 1.90. The quantitative estimate of drug-likeness (QED) is 0.881. The van der Waals surface area contributed by atoms with Crippen LogP contribution in [0, 0.1) is 12.8 Å². The van der Waals surface area contributed by atoms with Crippen LogP contribution in [0.5, 0.6) is 0 Å². The minimum atomic E-state index is -0.0325. The number of nitrogens with two attached hydrogens (primary N) is 1. The molecule has 0 unspecified atom stereocenters. The van der Waals surface area contributed by atoms with Crippen molar-refractivity contribution >= 4 is 34.1 Å². The van der Waals surface area contributed by atoms with E-state index < -0.39 is 0 Å². The molecule has 94 valence electrons. The molecule has 2 rings (SSSR count). The SMILES string of the molecule is Cc1nc(N)sc1C(=O)NCC1CCSCC1. The van der Waals surface area contributed by atoms with Gasteiger partial charge in [0.25, 0.3) is 5.91 Å². The molecular formula is C11H17N3OS2. The second-order valence-corrected chi connectivity index (χ2v) is 6.49. The third-order valence-electron chi connectivity index (χ3n) is 2.91. The Hall–Kier alpha value is -0.750. The van der Waals surface area contributed by atoms with E-state index in [2.05, 4.69) is 10.3 Å². The molecule has 1 amide bonds. The fourth-order valence-corrected chi connectivity index (χ4v) is 3.85. The highest BCUT2D eigenvalue weighted by Gasteiger charge is 2.17. The molecule has 6 heteroatoms. The summed E-state index contributed by atoms with van der Waals surface area (Å²) >= 11 is 3.26. The maximum absolute atomic E-state index is 11.9. The second-order valence-electron chi connectivity index (χ2n) is 4.23. The van der Waals surface area contributed by atoms with E-state index in [0.29, 0.717) is 15.9 Å². The van der Waals surface area contributed by atoms with Gasteiger partial charge >= 0.3 is 0 Å². The van der Waals surface area contributed by atoms with Crippen LogP contribution in [0.15, 0.2) is 0 Å². The first kappa shape index (κ1) is 12.7. The lowest BCUT2D eigenvalue weighted by molar-refractivity contribution is 0.0949. The van der Waals surface area contributed by atoms with Crippen molar-refractivity contribution in [2.75, 3.05) is 23.8 Å². The number of carbonyl (C=O) groups excluding carboxylic acids is 1. The molecule has 0 spiro atoms. The molecule has 0 radical (unpaired) electrons. The predicted octanol–water partition coefficient (Wildman–Crippen LogP) is 1.91. The summed E-state index contributed by atoms with van der Waals surface area (Å²) in [5, 5.41) is 3.45. The molecule has 1 saturated heterocycles. The summed E-state index contributed by atoms with van der Waals surface area (Å²) in [6, 6.07) is 0. The summed E-state index contributed by atoms with van der Waals surface area (Å²) in [4.78, 5) is 16.6. The summed E-state index contributed by atoms with van der Waals surface area (Å²) in [5.41, 5.74) is 6.31. The smallest absolute Gasteiger partial charge is 0.263 e. The van der Waals surface area contributed by atoms with Gasteiger partial charge in [-0.15, -0.1) is 0 Å². The molecule has 0 saturated carbocycles. The average molecular weight is 271 g/mol. The van der Waals surface area contributed by atoms with Gasteiger partial charge in [-0.1, -0.05) is 11.3 Å². The Morgan fingerprint density at radius 3 is 2.82 bits per heavy atom. The van der Waals surface area contributed by atoms with Crippen molar-refractivity contribution in [3.8, 4) is 0 Å². The Balaban J connectivity index is 1.86. The van der Waals surface area contributed by atoms with Crippen molar-refractivity contribution in [3.05, 3.63) is 10.6 Å². The van der Waals surface area contributed by atoms with Crippen LogP contribution in [-0.2, 0) is 0 Å². The molecule has 1 fully saturated rings. The number of nitrogen functional groups attached to an aromatic ring is 1. The van der Waals surface area contributed by atoms with E-state index in [1.54, 1.807) is 0 Å². The number of nitrogens with zero attached hydrogens (tertiary/aromatic N) is 1. The molecule has 1 aliphatic heterocycles. The number of carbonyl (C=O) groups is 1. The van der Waals surface area contributed by atoms with Crippen LogP contribution >= 0.6 is 23.1 Å². The highest BCUT2D eigenvalue weighted by Crippen LogP contribution is 2.23. The third-order valence-corrected chi connectivity index (χ3v) is 4.95. The van der Waals surface area contributed by atoms with Crippen LogP contribution in [0.3, 0.4) is 0 Å². The molecule has 0 aromatic carbocycles. The second kappa shape index (κ2) is 5.73. The zero-order valence-electron chi connectivity index (χ0n) is 9.86. The first-order valence-corrected chi connectivity index (χ1v) is 7.73. The minimum Gasteiger partial charge on any atom is -0.375 e. The van der Waals surface area contributed by atoms with Gasteiger partial charge < -0.3 is 11.1 Å². The van der Waals surface area contributed by atoms with E-state index in [4.69, 9.17) is 5.73 Å². The van der Waals surface area contributed by atoms with Crippen molar-refractivity contribution in [2.24, 2.45) is 5.92 Å². The lowest BCUT2D eigenvalue weighted by Crippen LogP contribution is -2.30. The lowest BCUT2D eigenvalue weighted by atomic mass is 10.0. The molecule has 0 aliphatic carbocycles. The molecule has 1 aliphatic rings. The zero-order chi connectivity index (χ0) is 12.3. The highest BCUT2D eigenvalue weighted by atomic mass is 32.2. The van der Waals surface area contributed by atoms with Crippen LogP contribution in [0.2, 0.25) is 0 Å². The van der Waals surface area contributed by atoms with Gasteiger partial charge in [0, 0.05) is 6.54 Å². The van der Waals surface area contributed by atoms with Crippen molar-refractivity contribution in [2.45, 2.75) is 19.8 Å². The maximum atomic E-state index is 11.9. The molecule has 3 N–H and O–H groups in total. The summed E-state index contributed by atoms with van der Waals surface area (Å²) in [6.07, 6.45) is 2.41. The van der Waals surface area contributed by atoms with Crippen LogP contribution in [0.25, 0.3) is 0 Å². The van der Waals surface area contributed by atoms with Crippen molar-refractivity contribution in [1.82, 2.24) is 10.3 Å². The van der Waals surface area contributed by atoms with Gasteiger partial charge in [0.2, 0.25) is 0 Å². The number of aryl methyl sites for hydroxylation is 1. The Kier molecular flexibility index (Phi) is 4.28. The van der Waals surface area contributed by atoms with Gasteiger partial charge in [-0.05, 0) is 37.2 Å². The van der Waals surface area contributed by atoms with Gasteiger partial charge in [0.1, 0.15) is 4.88 Å². The lowest BCUT2D eigenvalue weighted by Gasteiger charge is -2.21. The molecule has 0 atom stereocenters. The molecule has 17 heavy (non-hydrogen) atoms. The Bertz CT molecular complexity index is 399. The molecule has 0 bridgehead atoms. The summed E-state index contributed by atoms with van der Waals surface area (Å²) in [6.45, 7) is 2.59. The Morgan fingerprint density at radius 1 is 1.53 bits per heavy atom. The van der Waals surface area contributed by atoms with E-state index >= 15 is 0 Å². The number of thiazole rings is 1. The predicted molar refractivity (Wildman–Crippen MR) is 73.6 cm³/mol. The van der Waals surface area contributed by atoms with E-state index in [0.717, 1.165) is 12.2 Å².